The van der Waals surface area contributed by atoms with E-state index in [1.165, 1.54) is 0 Å². The van der Waals surface area contributed by atoms with E-state index in [-0.39, 0.29) is 12.2 Å². The van der Waals surface area contributed by atoms with Crippen molar-refractivity contribution in [1.29, 1.82) is 0 Å². The molecule has 0 aliphatic carbocycles. The summed E-state index contributed by atoms with van der Waals surface area (Å²) < 4.78 is 144. The number of rotatable bonds is 4. The number of halogens is 12. The predicted molar refractivity (Wildman–Crippen MR) is 46.8 cm³/mol. The quantitative estimate of drug-likeness (QED) is 0.422. The van der Waals surface area contributed by atoms with Crippen molar-refractivity contribution in [2.45, 2.75) is 25.2 Å². The fourth-order valence-electron chi connectivity index (χ4n) is 1.06. The first-order valence-corrected chi connectivity index (χ1v) is 4.94. The molecule has 0 aromatic rings. The van der Waals surface area contributed by atoms with Crippen molar-refractivity contribution in [3.05, 3.63) is 12.2 Å². The highest BCUT2D eigenvalue weighted by atomic mass is 19.4. The van der Waals surface area contributed by atoms with Crippen LogP contribution in [0.2, 0.25) is 0 Å². The lowest BCUT2D eigenvalue weighted by atomic mass is 10.4. The molecular weight excluding hydrogens is 352 g/mol. The number of nitrogens with zero attached hydrogens (tertiary/aromatic N) is 2. The van der Waals surface area contributed by atoms with Gasteiger partial charge in [-0.2, -0.15) is 52.7 Å². The van der Waals surface area contributed by atoms with Crippen LogP contribution in [-0.2, 0) is 0 Å². The summed E-state index contributed by atoms with van der Waals surface area (Å²) in [5, 5.41) is 0. The molecule has 0 unspecified atom stereocenters. The summed E-state index contributed by atoms with van der Waals surface area (Å²) in [5.74, 6) is 0. The standard InChI is InChI=1S/C8H6F12N2/c9-5(10,11)21(6(12,13)14)3-1-2-4-22(7(15,16)17)8(18,19)20/h1-2H,3-4H2. The largest absolute Gasteiger partial charge is 0.467 e. The molecule has 14 heteroatoms. The first kappa shape index (κ1) is 20.8. The smallest absolute Gasteiger partial charge is 0.155 e. The monoisotopic (exact) mass is 358 g/mol. The minimum Gasteiger partial charge on any atom is -0.155 e. The molecule has 0 amide bonds. The van der Waals surface area contributed by atoms with Crippen LogP contribution in [-0.4, -0.2) is 48.1 Å². The SMILES string of the molecule is FC(F)(F)N(CC=CCN(C(F)(F)F)C(F)(F)F)C(F)(F)F. The van der Waals surface area contributed by atoms with E-state index in [0.717, 1.165) is 0 Å². The molecular formula is C8H6F12N2. The van der Waals surface area contributed by atoms with Crippen molar-refractivity contribution in [3.8, 4) is 0 Å². The Kier molecular flexibility index (Phi) is 6.17. The molecule has 0 radical (unpaired) electrons. The molecule has 132 valence electrons. The van der Waals surface area contributed by atoms with E-state index in [9.17, 15) is 52.7 Å². The van der Waals surface area contributed by atoms with Gasteiger partial charge in [-0.15, -0.1) is 9.80 Å². The highest BCUT2D eigenvalue weighted by Gasteiger charge is 2.54. The Hall–Kier alpha value is -1.18. The maximum atomic E-state index is 12.0. The van der Waals surface area contributed by atoms with Crippen LogP contribution in [0.15, 0.2) is 12.2 Å². The van der Waals surface area contributed by atoms with Crippen LogP contribution < -0.4 is 0 Å². The highest BCUT2D eigenvalue weighted by molar-refractivity contribution is 4.89. The molecule has 0 aliphatic heterocycles. The van der Waals surface area contributed by atoms with E-state index in [1.807, 2.05) is 0 Å². The van der Waals surface area contributed by atoms with Crippen molar-refractivity contribution in [2.24, 2.45) is 0 Å². The molecule has 0 spiro atoms. The van der Waals surface area contributed by atoms with Crippen molar-refractivity contribution in [2.75, 3.05) is 13.1 Å². The van der Waals surface area contributed by atoms with E-state index < -0.39 is 48.1 Å². The Morgan fingerprint density at radius 3 is 0.773 bits per heavy atom. The summed E-state index contributed by atoms with van der Waals surface area (Å²) in [7, 11) is 0. The summed E-state index contributed by atoms with van der Waals surface area (Å²) in [6.07, 6.45) is -23.8. The van der Waals surface area contributed by atoms with E-state index in [4.69, 9.17) is 0 Å². The van der Waals surface area contributed by atoms with Gasteiger partial charge >= 0.3 is 25.2 Å². The molecule has 0 aliphatic rings. The van der Waals surface area contributed by atoms with Gasteiger partial charge in [0, 0.05) is 13.1 Å². The number of hydrogen-bond donors (Lipinski definition) is 0. The zero-order valence-corrected chi connectivity index (χ0v) is 10.00. The lowest BCUT2D eigenvalue weighted by molar-refractivity contribution is -0.371. The van der Waals surface area contributed by atoms with E-state index in [2.05, 4.69) is 0 Å². The Morgan fingerprint density at radius 2 is 0.636 bits per heavy atom. The highest BCUT2D eigenvalue weighted by Crippen LogP contribution is 2.34. The zero-order chi connectivity index (χ0) is 18.0. The van der Waals surface area contributed by atoms with E-state index in [1.54, 1.807) is 0 Å². The molecule has 0 atom stereocenters. The zero-order valence-electron chi connectivity index (χ0n) is 10.00. The minimum absolute atomic E-state index is 0.106. The fraction of sp³-hybridized carbons (Fsp3) is 0.750. The van der Waals surface area contributed by atoms with Gasteiger partial charge in [-0.25, -0.2) is 0 Å². The maximum absolute atomic E-state index is 12.0. The summed E-state index contributed by atoms with van der Waals surface area (Å²) in [4.78, 5) is -4.02. The second-order valence-corrected chi connectivity index (χ2v) is 3.56. The van der Waals surface area contributed by atoms with Crippen LogP contribution in [0, 0.1) is 0 Å². The third kappa shape index (κ3) is 6.72. The van der Waals surface area contributed by atoms with Crippen molar-refractivity contribution < 1.29 is 52.7 Å². The summed E-state index contributed by atoms with van der Waals surface area (Å²) in [5.41, 5.74) is 0. The molecule has 0 fully saturated rings. The van der Waals surface area contributed by atoms with Gasteiger partial charge in [-0.1, -0.05) is 12.2 Å². The average molecular weight is 358 g/mol. The molecule has 0 aromatic carbocycles. The van der Waals surface area contributed by atoms with Gasteiger partial charge in [-0.05, 0) is 0 Å². The van der Waals surface area contributed by atoms with Crippen LogP contribution in [0.1, 0.15) is 0 Å². The van der Waals surface area contributed by atoms with E-state index in [0.29, 0.717) is 0 Å². The molecule has 0 N–H and O–H groups in total. The molecule has 0 saturated carbocycles. The molecule has 22 heavy (non-hydrogen) atoms. The Bertz CT molecular complexity index is 309. The van der Waals surface area contributed by atoms with Crippen molar-refractivity contribution in [3.63, 3.8) is 0 Å². The summed E-state index contributed by atoms with van der Waals surface area (Å²) >= 11 is 0. The Labute approximate surface area is 114 Å². The van der Waals surface area contributed by atoms with Crippen molar-refractivity contribution >= 4 is 0 Å². The maximum Gasteiger partial charge on any atom is 0.467 e. The summed E-state index contributed by atoms with van der Waals surface area (Å²) in [6, 6.07) is 0. The summed E-state index contributed by atoms with van der Waals surface area (Å²) in [6.45, 7) is -3.98. The van der Waals surface area contributed by atoms with Crippen LogP contribution in [0.4, 0.5) is 52.7 Å². The van der Waals surface area contributed by atoms with Crippen molar-refractivity contribution in [1.82, 2.24) is 9.80 Å². The second kappa shape index (κ2) is 6.52. The molecule has 0 aromatic heterocycles. The van der Waals surface area contributed by atoms with Crippen LogP contribution in [0.25, 0.3) is 0 Å². The topological polar surface area (TPSA) is 6.48 Å². The molecule has 0 heterocycles. The third-order valence-electron chi connectivity index (χ3n) is 1.97. The van der Waals surface area contributed by atoms with Crippen LogP contribution in [0.5, 0.6) is 0 Å². The van der Waals surface area contributed by atoms with Gasteiger partial charge in [0.05, 0.1) is 0 Å². The van der Waals surface area contributed by atoms with Gasteiger partial charge in [0.1, 0.15) is 0 Å². The normalized spacial score (nSPS) is 15.4. The van der Waals surface area contributed by atoms with Crippen LogP contribution >= 0.6 is 0 Å². The average Bonchev–Trinajstić information content (AvgIpc) is 2.14. The Balaban J connectivity index is 4.92. The lowest BCUT2D eigenvalue weighted by Crippen LogP contribution is -2.48. The van der Waals surface area contributed by atoms with Gasteiger partial charge < -0.3 is 0 Å². The second-order valence-electron chi connectivity index (χ2n) is 3.56. The molecule has 0 bridgehead atoms. The lowest BCUT2D eigenvalue weighted by Gasteiger charge is -2.26. The predicted octanol–water partition coefficient (Wildman–Crippen LogP) is 4.23. The van der Waals surface area contributed by atoms with Gasteiger partial charge in [0.25, 0.3) is 0 Å². The molecule has 0 rings (SSSR count). The molecule has 2 nitrogen and oxygen atoms in total. The van der Waals surface area contributed by atoms with Gasteiger partial charge in [0.15, 0.2) is 0 Å². The number of alkyl halides is 12. The number of hydrogen-bond acceptors (Lipinski definition) is 2. The first-order valence-electron chi connectivity index (χ1n) is 4.94. The third-order valence-corrected chi connectivity index (χ3v) is 1.97. The van der Waals surface area contributed by atoms with Gasteiger partial charge in [0.2, 0.25) is 0 Å². The first-order chi connectivity index (χ1) is 9.47. The fourth-order valence-corrected chi connectivity index (χ4v) is 1.06. The van der Waals surface area contributed by atoms with E-state index >= 15 is 0 Å². The Morgan fingerprint density at radius 1 is 0.455 bits per heavy atom. The molecule has 0 saturated heterocycles. The minimum atomic E-state index is -5.89. The van der Waals surface area contributed by atoms with Crippen LogP contribution in [0.3, 0.4) is 0 Å². The van der Waals surface area contributed by atoms with Gasteiger partial charge in [-0.3, -0.25) is 0 Å².